The van der Waals surface area contributed by atoms with Gasteiger partial charge in [-0.2, -0.15) is 0 Å². The van der Waals surface area contributed by atoms with Gasteiger partial charge < -0.3 is 4.90 Å². The van der Waals surface area contributed by atoms with Crippen LogP contribution in [0.1, 0.15) is 145 Å². The lowest BCUT2D eigenvalue weighted by Gasteiger charge is -2.29. The Balaban J connectivity index is 1.34. The van der Waals surface area contributed by atoms with Gasteiger partial charge in [0.2, 0.25) is 0 Å². The standard InChI is InChI=1S/C48H55N/c1-31(2)37-28-43(32(3)4)47(44(29-37)33(5)6)36-20-24-39(25-21-36)49(38-22-18-35(19-23-38)34-14-10-9-11-15-34)40-26-27-42-41-16-12-13-17-45(41)48(7,8)46(42)30-40/h12-13,16-34H,9-11,14-15H2,1-8H3. The number of anilines is 3. The Morgan fingerprint density at radius 3 is 1.69 bits per heavy atom. The van der Waals surface area contributed by atoms with Crippen LogP contribution in [0, 0.1) is 0 Å². The summed E-state index contributed by atoms with van der Waals surface area (Å²) in [5.74, 6) is 2.10. The zero-order valence-electron chi connectivity index (χ0n) is 31.1. The number of fused-ring (bicyclic) bond motifs is 3. The summed E-state index contributed by atoms with van der Waals surface area (Å²) in [6, 6.07) is 40.0. The Labute approximate surface area is 296 Å². The molecule has 0 spiro atoms. The lowest BCUT2D eigenvalue weighted by atomic mass is 9.81. The number of hydrogen-bond donors (Lipinski definition) is 0. The monoisotopic (exact) mass is 645 g/mol. The molecule has 0 amide bonds. The highest BCUT2D eigenvalue weighted by molar-refractivity contribution is 5.86. The van der Waals surface area contributed by atoms with Crippen molar-refractivity contribution in [2.45, 2.75) is 117 Å². The molecule has 0 radical (unpaired) electrons. The molecule has 0 aromatic heterocycles. The van der Waals surface area contributed by atoms with Crippen LogP contribution in [0.3, 0.4) is 0 Å². The van der Waals surface area contributed by atoms with E-state index < -0.39 is 0 Å². The quantitative estimate of drug-likeness (QED) is 0.162. The maximum absolute atomic E-state index is 2.47. The van der Waals surface area contributed by atoms with Crippen LogP contribution >= 0.6 is 0 Å². The van der Waals surface area contributed by atoms with Crippen LogP contribution in [0.2, 0.25) is 0 Å². The molecule has 252 valence electrons. The minimum atomic E-state index is -0.0506. The van der Waals surface area contributed by atoms with E-state index in [0.717, 1.165) is 0 Å². The third-order valence-electron chi connectivity index (χ3n) is 11.6. The Morgan fingerprint density at radius 2 is 1.10 bits per heavy atom. The van der Waals surface area contributed by atoms with Gasteiger partial charge in [-0.3, -0.25) is 0 Å². The van der Waals surface area contributed by atoms with Gasteiger partial charge in [-0.15, -0.1) is 0 Å². The van der Waals surface area contributed by atoms with Crippen LogP contribution in [-0.4, -0.2) is 0 Å². The van der Waals surface area contributed by atoms with Crippen LogP contribution in [0.5, 0.6) is 0 Å². The second kappa shape index (κ2) is 13.3. The van der Waals surface area contributed by atoms with Crippen molar-refractivity contribution >= 4 is 17.1 Å². The molecular formula is C48H55N. The highest BCUT2D eigenvalue weighted by atomic mass is 15.1. The van der Waals surface area contributed by atoms with Gasteiger partial charge in [0.15, 0.2) is 0 Å². The van der Waals surface area contributed by atoms with E-state index in [4.69, 9.17) is 0 Å². The summed E-state index contributed by atoms with van der Waals surface area (Å²) in [5, 5.41) is 0. The summed E-state index contributed by atoms with van der Waals surface area (Å²) in [6.45, 7) is 18.7. The Morgan fingerprint density at radius 1 is 0.551 bits per heavy atom. The molecule has 5 aromatic carbocycles. The lowest BCUT2D eigenvalue weighted by Crippen LogP contribution is -2.16. The zero-order chi connectivity index (χ0) is 34.4. The van der Waals surface area contributed by atoms with E-state index in [-0.39, 0.29) is 5.41 Å². The van der Waals surface area contributed by atoms with Crippen molar-refractivity contribution in [2.75, 3.05) is 4.90 Å². The summed E-state index contributed by atoms with van der Waals surface area (Å²) in [5.41, 5.74) is 17.7. The third kappa shape index (κ3) is 6.16. The molecule has 0 bridgehead atoms. The Hall–Kier alpha value is -4.10. The highest BCUT2D eigenvalue weighted by Crippen LogP contribution is 2.51. The second-order valence-corrected chi connectivity index (χ2v) is 16.2. The largest absolute Gasteiger partial charge is 0.310 e. The maximum atomic E-state index is 2.47. The van der Waals surface area contributed by atoms with Crippen LogP contribution in [0.25, 0.3) is 22.3 Å². The molecule has 2 aliphatic carbocycles. The van der Waals surface area contributed by atoms with E-state index in [1.54, 1.807) is 0 Å². The van der Waals surface area contributed by atoms with Gasteiger partial charge in [0, 0.05) is 22.5 Å². The first-order chi connectivity index (χ1) is 23.5. The average molecular weight is 646 g/mol. The van der Waals surface area contributed by atoms with Crippen molar-refractivity contribution in [3.05, 3.63) is 137 Å². The van der Waals surface area contributed by atoms with Gasteiger partial charge in [0.25, 0.3) is 0 Å². The van der Waals surface area contributed by atoms with Gasteiger partial charge in [-0.1, -0.05) is 141 Å². The van der Waals surface area contributed by atoms with Gasteiger partial charge in [0.05, 0.1) is 0 Å². The molecule has 1 nitrogen and oxygen atoms in total. The molecule has 0 atom stereocenters. The molecule has 7 rings (SSSR count). The summed E-state index contributed by atoms with van der Waals surface area (Å²) in [7, 11) is 0. The average Bonchev–Trinajstić information content (AvgIpc) is 3.34. The van der Waals surface area contributed by atoms with Gasteiger partial charge in [-0.25, -0.2) is 0 Å². The summed E-state index contributed by atoms with van der Waals surface area (Å²) in [6.07, 6.45) is 6.74. The van der Waals surface area contributed by atoms with E-state index >= 15 is 0 Å². The van der Waals surface area contributed by atoms with Crippen molar-refractivity contribution in [3.63, 3.8) is 0 Å². The smallest absolute Gasteiger partial charge is 0.0465 e. The van der Waals surface area contributed by atoms with Crippen molar-refractivity contribution in [3.8, 4) is 22.3 Å². The van der Waals surface area contributed by atoms with Gasteiger partial charge in [-0.05, 0) is 129 Å². The first-order valence-corrected chi connectivity index (χ1v) is 19.0. The molecule has 5 aromatic rings. The molecule has 0 N–H and O–H groups in total. The van der Waals surface area contributed by atoms with Crippen LogP contribution in [-0.2, 0) is 5.41 Å². The summed E-state index contributed by atoms with van der Waals surface area (Å²) >= 11 is 0. The lowest BCUT2D eigenvalue weighted by molar-refractivity contribution is 0.443. The van der Waals surface area contributed by atoms with E-state index in [9.17, 15) is 0 Å². The molecule has 1 saturated carbocycles. The molecule has 49 heavy (non-hydrogen) atoms. The molecule has 2 aliphatic rings. The third-order valence-corrected chi connectivity index (χ3v) is 11.6. The van der Waals surface area contributed by atoms with Crippen LogP contribution < -0.4 is 4.90 Å². The Kier molecular flexibility index (Phi) is 9.08. The first kappa shape index (κ1) is 33.4. The van der Waals surface area contributed by atoms with E-state index in [1.807, 2.05) is 0 Å². The number of nitrogens with zero attached hydrogens (tertiary/aromatic N) is 1. The normalized spacial score (nSPS) is 15.6. The number of hydrogen-bond acceptors (Lipinski definition) is 1. The molecule has 1 fully saturated rings. The van der Waals surface area contributed by atoms with Gasteiger partial charge >= 0.3 is 0 Å². The minimum Gasteiger partial charge on any atom is -0.310 e. The predicted molar refractivity (Wildman–Crippen MR) is 212 cm³/mol. The van der Waals surface area contributed by atoms with Crippen molar-refractivity contribution in [1.29, 1.82) is 0 Å². The fraction of sp³-hybridized carbons (Fsp3) is 0.375. The first-order valence-electron chi connectivity index (χ1n) is 19.0. The topological polar surface area (TPSA) is 3.24 Å². The van der Waals surface area contributed by atoms with Crippen LogP contribution in [0.4, 0.5) is 17.1 Å². The molecule has 0 heterocycles. The SMILES string of the molecule is CC(C)c1cc(C(C)C)c(-c2ccc(N(c3ccc(C4CCCCC4)cc3)c3ccc4c(c3)C(C)(C)c3ccccc3-4)cc2)c(C(C)C)c1. The van der Waals surface area contributed by atoms with Crippen LogP contribution in [0.15, 0.2) is 103 Å². The van der Waals surface area contributed by atoms with E-state index in [0.29, 0.717) is 23.7 Å². The Bertz CT molecular complexity index is 1900. The maximum Gasteiger partial charge on any atom is 0.0465 e. The fourth-order valence-electron chi connectivity index (χ4n) is 8.68. The van der Waals surface area contributed by atoms with Crippen molar-refractivity contribution in [1.82, 2.24) is 0 Å². The number of rotatable bonds is 8. The second-order valence-electron chi connectivity index (χ2n) is 16.2. The number of benzene rings is 5. The van der Waals surface area contributed by atoms with E-state index in [1.165, 1.54) is 105 Å². The zero-order valence-corrected chi connectivity index (χ0v) is 31.1. The van der Waals surface area contributed by atoms with Gasteiger partial charge in [0.1, 0.15) is 0 Å². The molecule has 1 heteroatoms. The minimum absolute atomic E-state index is 0.0506. The van der Waals surface area contributed by atoms with Crippen molar-refractivity contribution in [2.24, 2.45) is 0 Å². The molecular weight excluding hydrogens is 591 g/mol. The fourth-order valence-corrected chi connectivity index (χ4v) is 8.68. The van der Waals surface area contributed by atoms with Crippen molar-refractivity contribution < 1.29 is 0 Å². The summed E-state index contributed by atoms with van der Waals surface area (Å²) < 4.78 is 0. The predicted octanol–water partition coefficient (Wildman–Crippen LogP) is 14.5. The molecule has 0 unspecified atom stereocenters. The highest BCUT2D eigenvalue weighted by Gasteiger charge is 2.35. The molecule has 0 saturated heterocycles. The molecule has 0 aliphatic heterocycles. The summed E-state index contributed by atoms with van der Waals surface area (Å²) in [4.78, 5) is 2.47. The van der Waals surface area contributed by atoms with E-state index in [2.05, 4.69) is 163 Å².